The highest BCUT2D eigenvalue weighted by atomic mass is 16.6. The predicted molar refractivity (Wildman–Crippen MR) is 86.5 cm³/mol. The zero-order valence-electron chi connectivity index (χ0n) is 14.1. The van der Waals surface area contributed by atoms with E-state index in [1.807, 2.05) is 0 Å². The van der Waals surface area contributed by atoms with Gasteiger partial charge in [0, 0.05) is 12.8 Å². The number of carbonyl (C=O) groups excluding carboxylic acids is 1. The largest absolute Gasteiger partial charge is 0.490 e. The Morgan fingerprint density at radius 3 is 2.54 bits per heavy atom. The lowest BCUT2D eigenvalue weighted by atomic mass is 10.1. The fourth-order valence-electron chi connectivity index (χ4n) is 2.22. The molecule has 7 heteroatoms. The number of rotatable bonds is 4. The lowest BCUT2D eigenvalue weighted by Gasteiger charge is -2.22. The van der Waals surface area contributed by atoms with E-state index in [1.165, 1.54) is 0 Å². The maximum atomic E-state index is 11.8. The minimum absolute atomic E-state index is 0.116. The smallest absolute Gasteiger partial charge is 0.408 e. The number of amides is 1. The van der Waals surface area contributed by atoms with Crippen molar-refractivity contribution in [1.82, 2.24) is 5.32 Å². The fraction of sp³-hybridized carbons (Fsp3) is 0.529. The van der Waals surface area contributed by atoms with Gasteiger partial charge in [0.25, 0.3) is 0 Å². The van der Waals surface area contributed by atoms with Crippen LogP contribution in [-0.4, -0.2) is 42.0 Å². The average Bonchev–Trinajstić information content (AvgIpc) is 2.69. The van der Waals surface area contributed by atoms with E-state index < -0.39 is 23.7 Å². The summed E-state index contributed by atoms with van der Waals surface area (Å²) in [6, 6.07) is 4.17. The standard InChI is InChI=1S/C17H23NO6/c1-17(2,3)24-16(21)18-12(15(19)20)9-11-5-6-13-14(10-11)23-8-4-7-22-13/h5-6,10,12H,4,7-9H2,1-3H3,(H,18,21)(H,19,20). The molecule has 2 N–H and O–H groups in total. The van der Waals surface area contributed by atoms with Crippen LogP contribution in [0.4, 0.5) is 4.79 Å². The van der Waals surface area contributed by atoms with Crippen molar-refractivity contribution in [1.29, 1.82) is 0 Å². The molecule has 0 fully saturated rings. The molecule has 1 amide bonds. The van der Waals surface area contributed by atoms with Gasteiger partial charge in [0.1, 0.15) is 11.6 Å². The molecule has 1 aliphatic heterocycles. The summed E-state index contributed by atoms with van der Waals surface area (Å²) in [6.07, 6.45) is 0.150. The Morgan fingerprint density at radius 2 is 1.92 bits per heavy atom. The van der Waals surface area contributed by atoms with E-state index in [0.717, 1.165) is 12.0 Å². The number of alkyl carbamates (subject to hydrolysis) is 1. The molecule has 7 nitrogen and oxygen atoms in total. The summed E-state index contributed by atoms with van der Waals surface area (Å²) < 4.78 is 16.2. The summed E-state index contributed by atoms with van der Waals surface area (Å²) in [5.74, 6) is 0.0996. The predicted octanol–water partition coefficient (Wildman–Crippen LogP) is 2.37. The van der Waals surface area contributed by atoms with E-state index in [9.17, 15) is 14.7 Å². The van der Waals surface area contributed by atoms with Crippen molar-refractivity contribution >= 4 is 12.1 Å². The topological polar surface area (TPSA) is 94.1 Å². The number of fused-ring (bicyclic) bond motifs is 1. The minimum atomic E-state index is -1.13. The van der Waals surface area contributed by atoms with Crippen molar-refractivity contribution in [3.63, 3.8) is 0 Å². The highest BCUT2D eigenvalue weighted by Gasteiger charge is 2.24. The first-order chi connectivity index (χ1) is 11.2. The van der Waals surface area contributed by atoms with Crippen molar-refractivity contribution < 1.29 is 28.9 Å². The molecule has 1 atom stereocenters. The first kappa shape index (κ1) is 17.9. The molecule has 0 radical (unpaired) electrons. The number of aliphatic carboxylic acids is 1. The van der Waals surface area contributed by atoms with Crippen LogP contribution < -0.4 is 14.8 Å². The second-order valence-electron chi connectivity index (χ2n) is 6.57. The van der Waals surface area contributed by atoms with Gasteiger partial charge in [-0.05, 0) is 38.5 Å². The highest BCUT2D eigenvalue weighted by molar-refractivity contribution is 5.80. The van der Waals surface area contributed by atoms with Gasteiger partial charge < -0.3 is 24.6 Å². The van der Waals surface area contributed by atoms with Crippen LogP contribution in [0.15, 0.2) is 18.2 Å². The van der Waals surface area contributed by atoms with Crippen molar-refractivity contribution in [2.75, 3.05) is 13.2 Å². The van der Waals surface area contributed by atoms with E-state index in [4.69, 9.17) is 14.2 Å². The second kappa shape index (κ2) is 7.42. The second-order valence-corrected chi connectivity index (χ2v) is 6.57. The molecule has 1 unspecified atom stereocenters. The lowest BCUT2D eigenvalue weighted by molar-refractivity contribution is -0.139. The summed E-state index contributed by atoms with van der Waals surface area (Å²) in [6.45, 7) is 6.28. The van der Waals surface area contributed by atoms with Crippen LogP contribution in [-0.2, 0) is 16.0 Å². The summed E-state index contributed by atoms with van der Waals surface area (Å²) in [5.41, 5.74) is 0.0327. The fourth-order valence-corrected chi connectivity index (χ4v) is 2.22. The van der Waals surface area contributed by atoms with Crippen LogP contribution >= 0.6 is 0 Å². The third-order valence-corrected chi connectivity index (χ3v) is 3.24. The number of carbonyl (C=O) groups is 2. The molecule has 0 bridgehead atoms. The van der Waals surface area contributed by atoms with Crippen molar-refractivity contribution in [3.05, 3.63) is 23.8 Å². The van der Waals surface area contributed by atoms with Crippen LogP contribution in [0.5, 0.6) is 11.5 Å². The third-order valence-electron chi connectivity index (χ3n) is 3.24. The minimum Gasteiger partial charge on any atom is -0.490 e. The van der Waals surface area contributed by atoms with Crippen LogP contribution in [0.2, 0.25) is 0 Å². The summed E-state index contributed by atoms with van der Waals surface area (Å²) >= 11 is 0. The Labute approximate surface area is 140 Å². The van der Waals surface area contributed by atoms with Crippen molar-refractivity contribution in [2.24, 2.45) is 0 Å². The van der Waals surface area contributed by atoms with Gasteiger partial charge in [-0.3, -0.25) is 0 Å². The molecular weight excluding hydrogens is 314 g/mol. The van der Waals surface area contributed by atoms with E-state index in [0.29, 0.717) is 24.7 Å². The number of ether oxygens (including phenoxy) is 3. The van der Waals surface area contributed by atoms with E-state index in [2.05, 4.69) is 5.32 Å². The van der Waals surface area contributed by atoms with Crippen LogP contribution in [0.25, 0.3) is 0 Å². The molecule has 0 saturated carbocycles. The number of carboxylic acids is 1. The molecule has 0 aromatic heterocycles. The summed E-state index contributed by atoms with van der Waals surface area (Å²) in [5, 5.41) is 11.7. The number of hydrogen-bond donors (Lipinski definition) is 2. The Morgan fingerprint density at radius 1 is 1.25 bits per heavy atom. The van der Waals surface area contributed by atoms with Gasteiger partial charge in [0.15, 0.2) is 11.5 Å². The van der Waals surface area contributed by atoms with Gasteiger partial charge in [-0.1, -0.05) is 6.07 Å². The molecule has 24 heavy (non-hydrogen) atoms. The number of nitrogens with one attached hydrogen (secondary N) is 1. The van der Waals surface area contributed by atoms with Gasteiger partial charge in [0.2, 0.25) is 0 Å². The Kier molecular flexibility index (Phi) is 5.54. The first-order valence-electron chi connectivity index (χ1n) is 7.85. The molecular formula is C17H23NO6. The van der Waals surface area contributed by atoms with E-state index in [1.54, 1.807) is 39.0 Å². The number of benzene rings is 1. The molecule has 0 saturated heterocycles. The molecule has 2 rings (SSSR count). The van der Waals surface area contributed by atoms with Gasteiger partial charge >= 0.3 is 12.1 Å². The molecule has 1 heterocycles. The normalized spacial score (nSPS) is 15.1. The molecule has 0 spiro atoms. The van der Waals surface area contributed by atoms with Gasteiger partial charge in [-0.15, -0.1) is 0 Å². The average molecular weight is 337 g/mol. The summed E-state index contributed by atoms with van der Waals surface area (Å²) in [7, 11) is 0. The van der Waals surface area contributed by atoms with Gasteiger partial charge in [-0.25, -0.2) is 9.59 Å². The maximum Gasteiger partial charge on any atom is 0.408 e. The highest BCUT2D eigenvalue weighted by Crippen LogP contribution is 2.30. The Hall–Kier alpha value is -2.44. The number of carboxylic acid groups (broad SMARTS) is 1. The molecule has 0 aliphatic carbocycles. The van der Waals surface area contributed by atoms with Crippen LogP contribution in [0.1, 0.15) is 32.8 Å². The van der Waals surface area contributed by atoms with Gasteiger partial charge in [0.05, 0.1) is 13.2 Å². The van der Waals surface area contributed by atoms with E-state index in [-0.39, 0.29) is 6.42 Å². The summed E-state index contributed by atoms with van der Waals surface area (Å²) in [4.78, 5) is 23.2. The lowest BCUT2D eigenvalue weighted by Crippen LogP contribution is -2.44. The van der Waals surface area contributed by atoms with Crippen LogP contribution in [0, 0.1) is 0 Å². The zero-order valence-corrected chi connectivity index (χ0v) is 14.1. The van der Waals surface area contributed by atoms with E-state index >= 15 is 0 Å². The Balaban J connectivity index is 2.06. The van der Waals surface area contributed by atoms with Crippen molar-refractivity contribution in [3.8, 4) is 11.5 Å². The van der Waals surface area contributed by atoms with Crippen LogP contribution in [0.3, 0.4) is 0 Å². The monoisotopic (exact) mass is 337 g/mol. The van der Waals surface area contributed by atoms with Gasteiger partial charge in [-0.2, -0.15) is 0 Å². The van der Waals surface area contributed by atoms with Crippen molar-refractivity contribution in [2.45, 2.75) is 45.3 Å². The number of hydrogen-bond acceptors (Lipinski definition) is 5. The molecule has 132 valence electrons. The SMILES string of the molecule is CC(C)(C)OC(=O)NC(Cc1ccc2c(c1)OCCCO2)C(=O)O. The molecule has 1 aromatic rings. The maximum absolute atomic E-state index is 11.8. The zero-order chi connectivity index (χ0) is 17.7. The quantitative estimate of drug-likeness (QED) is 0.876. The first-order valence-corrected chi connectivity index (χ1v) is 7.85. The Bertz CT molecular complexity index is 608. The third kappa shape index (κ3) is 5.33. The molecule has 1 aliphatic rings. The molecule has 1 aromatic carbocycles.